The van der Waals surface area contributed by atoms with Crippen LogP contribution in [0.4, 0.5) is 4.39 Å². The average molecular weight is 271 g/mol. The summed E-state index contributed by atoms with van der Waals surface area (Å²) in [4.78, 5) is 8.32. The van der Waals surface area contributed by atoms with Crippen LogP contribution in [0.25, 0.3) is 23.0 Å². The summed E-state index contributed by atoms with van der Waals surface area (Å²) in [6.07, 6.45) is 1.63. The Labute approximate surface area is 114 Å². The lowest BCUT2D eigenvalue weighted by Crippen LogP contribution is -1.88. The fraction of sp³-hybridized carbons (Fsp3) is 0.0714. The van der Waals surface area contributed by atoms with Gasteiger partial charge in [0, 0.05) is 17.8 Å². The van der Waals surface area contributed by atoms with E-state index in [2.05, 4.69) is 15.1 Å². The lowest BCUT2D eigenvalue weighted by Gasteiger charge is -2.01. The molecule has 0 unspecified atom stereocenters. The largest absolute Gasteiger partial charge is 0.497 e. The standard InChI is InChI=1S/C14H10FN3O2/c1-19-11-7-9(6-10(15)8-11)13-17-14(20-18-13)12-4-2-3-5-16-12/h2-8H,1H3. The number of aromatic nitrogens is 3. The average Bonchev–Trinajstić information content (AvgIpc) is 2.97. The van der Waals surface area contributed by atoms with E-state index in [1.807, 2.05) is 6.07 Å². The Bertz CT molecular complexity index is 728. The maximum atomic E-state index is 13.5. The van der Waals surface area contributed by atoms with Crippen molar-refractivity contribution in [1.82, 2.24) is 15.1 Å². The summed E-state index contributed by atoms with van der Waals surface area (Å²) in [6, 6.07) is 9.59. The van der Waals surface area contributed by atoms with Gasteiger partial charge in [-0.1, -0.05) is 11.2 Å². The molecular weight excluding hydrogens is 261 g/mol. The second-order valence-electron chi connectivity index (χ2n) is 4.02. The van der Waals surface area contributed by atoms with E-state index >= 15 is 0 Å². The monoisotopic (exact) mass is 271 g/mol. The molecule has 0 saturated heterocycles. The molecule has 100 valence electrons. The summed E-state index contributed by atoms with van der Waals surface area (Å²) >= 11 is 0. The number of halogens is 1. The van der Waals surface area contributed by atoms with Gasteiger partial charge in [-0.2, -0.15) is 4.98 Å². The third-order valence-electron chi connectivity index (χ3n) is 2.68. The molecular formula is C14H10FN3O2. The van der Waals surface area contributed by atoms with Crippen LogP contribution in [0.5, 0.6) is 5.75 Å². The van der Waals surface area contributed by atoms with Gasteiger partial charge in [-0.3, -0.25) is 4.98 Å². The maximum Gasteiger partial charge on any atom is 0.276 e. The van der Waals surface area contributed by atoms with Crippen molar-refractivity contribution in [2.24, 2.45) is 0 Å². The molecule has 2 heterocycles. The second kappa shape index (κ2) is 5.08. The van der Waals surface area contributed by atoms with E-state index in [-0.39, 0.29) is 11.7 Å². The van der Waals surface area contributed by atoms with Gasteiger partial charge in [-0.15, -0.1) is 0 Å². The lowest BCUT2D eigenvalue weighted by molar-refractivity contribution is 0.411. The van der Waals surface area contributed by atoms with Crippen LogP contribution < -0.4 is 4.74 Å². The first-order valence-corrected chi connectivity index (χ1v) is 5.86. The first-order chi connectivity index (χ1) is 9.76. The molecule has 3 aromatic rings. The first kappa shape index (κ1) is 12.3. The highest BCUT2D eigenvalue weighted by molar-refractivity contribution is 5.59. The Morgan fingerprint density at radius 3 is 2.85 bits per heavy atom. The molecule has 0 saturated carbocycles. The molecule has 3 rings (SSSR count). The van der Waals surface area contributed by atoms with E-state index in [0.717, 1.165) is 0 Å². The number of rotatable bonds is 3. The Balaban J connectivity index is 2.00. The van der Waals surface area contributed by atoms with E-state index in [4.69, 9.17) is 9.26 Å². The Hall–Kier alpha value is -2.76. The number of nitrogens with zero attached hydrogens (tertiary/aromatic N) is 3. The summed E-state index contributed by atoms with van der Waals surface area (Å²) in [6.45, 7) is 0. The van der Waals surface area contributed by atoms with E-state index in [9.17, 15) is 4.39 Å². The summed E-state index contributed by atoms with van der Waals surface area (Å²) in [5, 5.41) is 3.83. The molecule has 5 nitrogen and oxygen atoms in total. The van der Waals surface area contributed by atoms with E-state index in [1.54, 1.807) is 24.4 Å². The fourth-order valence-electron chi connectivity index (χ4n) is 1.74. The lowest BCUT2D eigenvalue weighted by atomic mass is 10.2. The van der Waals surface area contributed by atoms with Gasteiger partial charge >= 0.3 is 0 Å². The predicted octanol–water partition coefficient (Wildman–Crippen LogP) is 2.95. The Kier molecular flexibility index (Phi) is 3.12. The van der Waals surface area contributed by atoms with E-state index in [0.29, 0.717) is 17.0 Å². The molecule has 0 radical (unpaired) electrons. The van der Waals surface area contributed by atoms with E-state index < -0.39 is 5.82 Å². The molecule has 0 N–H and O–H groups in total. The van der Waals surface area contributed by atoms with Crippen molar-refractivity contribution < 1.29 is 13.7 Å². The third-order valence-corrected chi connectivity index (χ3v) is 2.68. The Morgan fingerprint density at radius 1 is 1.20 bits per heavy atom. The highest BCUT2D eigenvalue weighted by Crippen LogP contribution is 2.25. The molecule has 0 bridgehead atoms. The molecule has 1 aromatic carbocycles. The molecule has 0 aliphatic carbocycles. The number of benzene rings is 1. The SMILES string of the molecule is COc1cc(F)cc(-c2noc(-c3ccccn3)n2)c1. The second-order valence-corrected chi connectivity index (χ2v) is 4.02. The predicted molar refractivity (Wildman–Crippen MR) is 69.5 cm³/mol. The molecule has 2 aromatic heterocycles. The van der Waals surface area contributed by atoms with Crippen LogP contribution in [-0.2, 0) is 0 Å². The van der Waals surface area contributed by atoms with Crippen molar-refractivity contribution >= 4 is 0 Å². The first-order valence-electron chi connectivity index (χ1n) is 5.86. The van der Waals surface area contributed by atoms with Crippen LogP contribution in [0.15, 0.2) is 47.1 Å². The zero-order chi connectivity index (χ0) is 13.9. The van der Waals surface area contributed by atoms with Crippen LogP contribution in [0, 0.1) is 5.82 Å². The van der Waals surface area contributed by atoms with Crippen LogP contribution >= 0.6 is 0 Å². The number of pyridine rings is 1. The highest BCUT2D eigenvalue weighted by Gasteiger charge is 2.13. The minimum absolute atomic E-state index is 0.281. The molecule has 0 aliphatic rings. The minimum atomic E-state index is -0.427. The maximum absolute atomic E-state index is 13.5. The quantitative estimate of drug-likeness (QED) is 0.733. The van der Waals surface area contributed by atoms with Gasteiger partial charge in [0.05, 0.1) is 7.11 Å². The Morgan fingerprint density at radius 2 is 2.10 bits per heavy atom. The van der Waals surface area contributed by atoms with Crippen LogP contribution in [-0.4, -0.2) is 22.2 Å². The van der Waals surface area contributed by atoms with E-state index in [1.165, 1.54) is 19.2 Å². The van der Waals surface area contributed by atoms with Crippen LogP contribution in [0.1, 0.15) is 0 Å². The van der Waals surface area contributed by atoms with Gasteiger partial charge in [-0.05, 0) is 24.3 Å². The summed E-state index contributed by atoms with van der Waals surface area (Å²) in [5.41, 5.74) is 1.04. The van der Waals surface area contributed by atoms with Gasteiger partial charge in [0.1, 0.15) is 17.3 Å². The summed E-state index contributed by atoms with van der Waals surface area (Å²) < 4.78 is 23.6. The van der Waals surface area contributed by atoms with Crippen molar-refractivity contribution in [3.63, 3.8) is 0 Å². The molecule has 0 fully saturated rings. The van der Waals surface area contributed by atoms with Crippen molar-refractivity contribution in [2.45, 2.75) is 0 Å². The zero-order valence-corrected chi connectivity index (χ0v) is 10.6. The minimum Gasteiger partial charge on any atom is -0.497 e. The summed E-state index contributed by atoms with van der Waals surface area (Å²) in [7, 11) is 1.47. The number of hydrogen-bond acceptors (Lipinski definition) is 5. The van der Waals surface area contributed by atoms with Crippen molar-refractivity contribution in [2.75, 3.05) is 7.11 Å². The highest BCUT2D eigenvalue weighted by atomic mass is 19.1. The van der Waals surface area contributed by atoms with Gasteiger partial charge in [-0.25, -0.2) is 4.39 Å². The van der Waals surface area contributed by atoms with Gasteiger partial charge < -0.3 is 9.26 Å². The molecule has 0 spiro atoms. The van der Waals surface area contributed by atoms with Crippen LogP contribution in [0.2, 0.25) is 0 Å². The molecule has 0 aliphatic heterocycles. The molecule has 0 atom stereocenters. The summed E-state index contributed by atoms with van der Waals surface area (Å²) in [5.74, 6) is 0.528. The zero-order valence-electron chi connectivity index (χ0n) is 10.6. The number of hydrogen-bond donors (Lipinski definition) is 0. The van der Waals surface area contributed by atoms with Gasteiger partial charge in [0.15, 0.2) is 0 Å². The van der Waals surface area contributed by atoms with Crippen molar-refractivity contribution in [3.8, 4) is 28.7 Å². The molecule has 0 amide bonds. The van der Waals surface area contributed by atoms with Gasteiger partial charge in [0.2, 0.25) is 5.82 Å². The van der Waals surface area contributed by atoms with Gasteiger partial charge in [0.25, 0.3) is 5.89 Å². The van der Waals surface area contributed by atoms with Crippen molar-refractivity contribution in [1.29, 1.82) is 0 Å². The topological polar surface area (TPSA) is 61.0 Å². The normalized spacial score (nSPS) is 10.5. The van der Waals surface area contributed by atoms with Crippen LogP contribution in [0.3, 0.4) is 0 Å². The number of methoxy groups -OCH3 is 1. The third kappa shape index (κ3) is 2.35. The fourth-order valence-corrected chi connectivity index (χ4v) is 1.74. The molecule has 20 heavy (non-hydrogen) atoms. The molecule has 6 heteroatoms. The van der Waals surface area contributed by atoms with Crippen molar-refractivity contribution in [3.05, 3.63) is 48.4 Å². The number of ether oxygens (including phenoxy) is 1. The smallest absolute Gasteiger partial charge is 0.276 e.